The Bertz CT molecular complexity index is 424. The maximum atomic E-state index is 4.28. The molecule has 4 heteroatoms. The number of nitrogens with zero attached hydrogens (tertiary/aromatic N) is 2. The van der Waals surface area contributed by atoms with Crippen molar-refractivity contribution in [2.75, 3.05) is 7.05 Å². The molecular formula is C11H13N3S. The van der Waals surface area contributed by atoms with E-state index in [0.717, 1.165) is 5.69 Å². The molecule has 1 N–H and O–H groups in total. The third-order valence-corrected chi connectivity index (χ3v) is 3.26. The van der Waals surface area contributed by atoms with Gasteiger partial charge in [-0.05, 0) is 37.0 Å². The van der Waals surface area contributed by atoms with Crippen molar-refractivity contribution in [1.29, 1.82) is 0 Å². The Morgan fingerprint density at radius 1 is 1.40 bits per heavy atom. The first-order valence-electron chi connectivity index (χ1n) is 4.80. The fraction of sp³-hybridized carbons (Fsp3) is 0.273. The third-order valence-electron chi connectivity index (χ3n) is 2.40. The number of thiophene rings is 1. The summed E-state index contributed by atoms with van der Waals surface area (Å²) in [5, 5.41) is 5.39. The summed E-state index contributed by atoms with van der Waals surface area (Å²) < 4.78 is 0. The van der Waals surface area contributed by atoms with Crippen molar-refractivity contribution >= 4 is 11.3 Å². The molecule has 0 aliphatic carbocycles. The van der Waals surface area contributed by atoms with Crippen molar-refractivity contribution < 1.29 is 0 Å². The lowest BCUT2D eigenvalue weighted by molar-refractivity contribution is 0.667. The molecule has 0 aromatic carbocycles. The van der Waals surface area contributed by atoms with Crippen LogP contribution in [-0.4, -0.2) is 17.0 Å². The molecule has 0 amide bonds. The Morgan fingerprint density at radius 3 is 2.80 bits per heavy atom. The zero-order valence-corrected chi connectivity index (χ0v) is 9.58. The number of aromatic nitrogens is 2. The molecule has 0 aliphatic rings. The van der Waals surface area contributed by atoms with Crippen molar-refractivity contribution in [2.45, 2.75) is 13.0 Å². The molecule has 0 fully saturated rings. The summed E-state index contributed by atoms with van der Waals surface area (Å²) >= 11 is 1.76. The Hall–Kier alpha value is -1.26. The lowest BCUT2D eigenvalue weighted by Gasteiger charge is -2.15. The Morgan fingerprint density at radius 2 is 2.27 bits per heavy atom. The molecule has 78 valence electrons. The van der Waals surface area contributed by atoms with Gasteiger partial charge in [0.05, 0.1) is 11.7 Å². The average Bonchev–Trinajstić information content (AvgIpc) is 2.68. The average molecular weight is 219 g/mol. The highest BCUT2D eigenvalue weighted by Gasteiger charge is 2.15. The van der Waals surface area contributed by atoms with Crippen LogP contribution < -0.4 is 5.32 Å². The maximum Gasteiger partial charge on any atom is 0.115 e. The van der Waals surface area contributed by atoms with Gasteiger partial charge in [-0.25, -0.2) is 9.97 Å². The van der Waals surface area contributed by atoms with Gasteiger partial charge in [0.15, 0.2) is 0 Å². The van der Waals surface area contributed by atoms with Gasteiger partial charge in [-0.2, -0.15) is 0 Å². The molecular weight excluding hydrogens is 206 g/mol. The zero-order valence-electron chi connectivity index (χ0n) is 8.77. The smallest absolute Gasteiger partial charge is 0.115 e. The van der Waals surface area contributed by atoms with Crippen LogP contribution in [0.1, 0.15) is 22.2 Å². The minimum atomic E-state index is 0.166. The van der Waals surface area contributed by atoms with E-state index in [1.54, 1.807) is 23.9 Å². The van der Waals surface area contributed by atoms with Gasteiger partial charge in [0.25, 0.3) is 0 Å². The summed E-state index contributed by atoms with van der Waals surface area (Å²) in [5.74, 6) is 0. The Kier molecular flexibility index (Phi) is 3.08. The largest absolute Gasteiger partial charge is 0.308 e. The molecule has 2 rings (SSSR count). The van der Waals surface area contributed by atoms with Gasteiger partial charge >= 0.3 is 0 Å². The van der Waals surface area contributed by atoms with E-state index in [2.05, 4.69) is 33.7 Å². The Balaban J connectivity index is 2.37. The quantitative estimate of drug-likeness (QED) is 0.859. The molecule has 0 spiro atoms. The van der Waals surface area contributed by atoms with Crippen LogP contribution >= 0.6 is 11.3 Å². The molecule has 2 aromatic rings. The SMILES string of the molecule is CNC(c1ccncn1)c1ccsc1C. The van der Waals surface area contributed by atoms with Crippen LogP contribution in [0, 0.1) is 6.92 Å². The van der Waals surface area contributed by atoms with Crippen LogP contribution in [0.3, 0.4) is 0 Å². The summed E-state index contributed by atoms with van der Waals surface area (Å²) in [6.07, 6.45) is 3.36. The summed E-state index contributed by atoms with van der Waals surface area (Å²) in [6, 6.07) is 4.25. The molecule has 0 saturated carbocycles. The fourth-order valence-corrected chi connectivity index (χ4v) is 2.37. The maximum absolute atomic E-state index is 4.28. The normalized spacial score (nSPS) is 12.7. The highest BCUT2D eigenvalue weighted by molar-refractivity contribution is 7.10. The van der Waals surface area contributed by atoms with Crippen molar-refractivity contribution in [3.8, 4) is 0 Å². The monoisotopic (exact) mass is 219 g/mol. The molecule has 0 radical (unpaired) electrons. The van der Waals surface area contributed by atoms with E-state index in [1.807, 2.05) is 13.1 Å². The first-order valence-corrected chi connectivity index (χ1v) is 5.68. The van der Waals surface area contributed by atoms with Crippen molar-refractivity contribution in [2.24, 2.45) is 0 Å². The number of hydrogen-bond acceptors (Lipinski definition) is 4. The number of aryl methyl sites for hydroxylation is 1. The predicted octanol–water partition coefficient (Wildman–Crippen LogP) is 2.16. The van der Waals surface area contributed by atoms with E-state index in [0.29, 0.717) is 0 Å². The molecule has 15 heavy (non-hydrogen) atoms. The molecule has 0 aliphatic heterocycles. The van der Waals surface area contributed by atoms with Gasteiger partial charge in [0.1, 0.15) is 6.33 Å². The minimum absolute atomic E-state index is 0.166. The Labute approximate surface area is 93.2 Å². The summed E-state index contributed by atoms with van der Waals surface area (Å²) in [4.78, 5) is 9.53. The lowest BCUT2D eigenvalue weighted by Crippen LogP contribution is -2.18. The first kappa shape index (κ1) is 10.3. The molecule has 3 nitrogen and oxygen atoms in total. The van der Waals surface area contributed by atoms with Crippen LogP contribution in [0.25, 0.3) is 0 Å². The molecule has 0 saturated heterocycles. The fourth-order valence-electron chi connectivity index (χ4n) is 1.63. The second-order valence-electron chi connectivity index (χ2n) is 3.29. The molecule has 1 unspecified atom stereocenters. The van der Waals surface area contributed by atoms with Crippen molar-refractivity contribution in [3.63, 3.8) is 0 Å². The second kappa shape index (κ2) is 4.51. The van der Waals surface area contributed by atoms with E-state index in [1.165, 1.54) is 10.4 Å². The van der Waals surface area contributed by atoms with Crippen LogP contribution in [0.4, 0.5) is 0 Å². The van der Waals surface area contributed by atoms with Gasteiger partial charge in [-0.15, -0.1) is 11.3 Å². The van der Waals surface area contributed by atoms with Crippen LogP contribution in [0.2, 0.25) is 0 Å². The standard InChI is InChI=1S/C11H13N3S/c1-8-9(4-6-15-8)11(12-2)10-3-5-13-7-14-10/h3-7,11-12H,1-2H3. The van der Waals surface area contributed by atoms with Crippen LogP contribution in [-0.2, 0) is 0 Å². The highest BCUT2D eigenvalue weighted by Crippen LogP contribution is 2.26. The van der Waals surface area contributed by atoms with Gasteiger partial charge in [0, 0.05) is 11.1 Å². The van der Waals surface area contributed by atoms with E-state index < -0.39 is 0 Å². The summed E-state index contributed by atoms with van der Waals surface area (Å²) in [5.41, 5.74) is 2.30. The van der Waals surface area contributed by atoms with Crippen LogP contribution in [0.5, 0.6) is 0 Å². The number of nitrogens with one attached hydrogen (secondary N) is 1. The highest BCUT2D eigenvalue weighted by atomic mass is 32.1. The van der Waals surface area contributed by atoms with Gasteiger partial charge in [0.2, 0.25) is 0 Å². The van der Waals surface area contributed by atoms with E-state index in [-0.39, 0.29) is 6.04 Å². The van der Waals surface area contributed by atoms with Crippen molar-refractivity contribution in [1.82, 2.24) is 15.3 Å². The van der Waals surface area contributed by atoms with E-state index in [9.17, 15) is 0 Å². The molecule has 2 heterocycles. The minimum Gasteiger partial charge on any atom is -0.308 e. The third kappa shape index (κ3) is 2.06. The molecule has 2 aromatic heterocycles. The summed E-state index contributed by atoms with van der Waals surface area (Å²) in [7, 11) is 1.95. The topological polar surface area (TPSA) is 37.8 Å². The number of rotatable bonds is 3. The van der Waals surface area contributed by atoms with Gasteiger partial charge in [-0.1, -0.05) is 0 Å². The van der Waals surface area contributed by atoms with Crippen LogP contribution in [0.15, 0.2) is 30.0 Å². The first-order chi connectivity index (χ1) is 7.33. The van der Waals surface area contributed by atoms with Gasteiger partial charge < -0.3 is 5.32 Å². The van der Waals surface area contributed by atoms with Gasteiger partial charge in [-0.3, -0.25) is 0 Å². The number of hydrogen-bond donors (Lipinski definition) is 1. The predicted molar refractivity (Wildman–Crippen MR) is 62.0 cm³/mol. The molecule has 0 bridgehead atoms. The second-order valence-corrected chi connectivity index (χ2v) is 4.41. The van der Waals surface area contributed by atoms with E-state index >= 15 is 0 Å². The molecule has 1 atom stereocenters. The van der Waals surface area contributed by atoms with E-state index in [4.69, 9.17) is 0 Å². The lowest BCUT2D eigenvalue weighted by atomic mass is 10.1. The summed E-state index contributed by atoms with van der Waals surface area (Å²) in [6.45, 7) is 2.13. The zero-order chi connectivity index (χ0) is 10.7. The van der Waals surface area contributed by atoms with Crippen molar-refractivity contribution in [3.05, 3.63) is 46.2 Å².